The van der Waals surface area contributed by atoms with Gasteiger partial charge in [-0.1, -0.05) is 24.6 Å². The molecule has 4 heteroatoms. The summed E-state index contributed by atoms with van der Waals surface area (Å²) in [4.78, 5) is 0. The molecule has 0 radical (unpaired) electrons. The SMILES string of the molecule is CC(CO)CNCc1ccc(O)c(Cl)c1. The monoisotopic (exact) mass is 229 g/mol. The van der Waals surface area contributed by atoms with Crippen molar-refractivity contribution in [2.45, 2.75) is 13.5 Å². The molecule has 0 aliphatic heterocycles. The maximum atomic E-state index is 9.21. The van der Waals surface area contributed by atoms with E-state index in [9.17, 15) is 5.11 Å². The van der Waals surface area contributed by atoms with Crippen molar-refractivity contribution in [1.82, 2.24) is 5.32 Å². The molecule has 0 aliphatic carbocycles. The zero-order valence-corrected chi connectivity index (χ0v) is 9.46. The van der Waals surface area contributed by atoms with Gasteiger partial charge in [0.15, 0.2) is 0 Å². The number of aliphatic hydroxyl groups excluding tert-OH is 1. The van der Waals surface area contributed by atoms with E-state index in [4.69, 9.17) is 16.7 Å². The molecule has 0 saturated carbocycles. The minimum absolute atomic E-state index is 0.101. The van der Waals surface area contributed by atoms with E-state index in [1.807, 2.05) is 13.0 Å². The van der Waals surface area contributed by atoms with Gasteiger partial charge in [0.1, 0.15) is 5.75 Å². The molecule has 0 saturated heterocycles. The number of aliphatic hydroxyl groups is 1. The van der Waals surface area contributed by atoms with Crippen LogP contribution >= 0.6 is 11.6 Å². The highest BCUT2D eigenvalue weighted by Crippen LogP contribution is 2.23. The van der Waals surface area contributed by atoms with Crippen LogP contribution in [0, 0.1) is 5.92 Å². The first-order valence-electron chi connectivity index (χ1n) is 4.92. The summed E-state index contributed by atoms with van der Waals surface area (Å²) in [5.74, 6) is 0.349. The van der Waals surface area contributed by atoms with Crippen LogP contribution in [-0.4, -0.2) is 23.4 Å². The average molecular weight is 230 g/mol. The van der Waals surface area contributed by atoms with Gasteiger partial charge in [-0.3, -0.25) is 0 Å². The van der Waals surface area contributed by atoms with Crippen molar-refractivity contribution in [3.8, 4) is 5.75 Å². The molecule has 3 nitrogen and oxygen atoms in total. The molecule has 0 fully saturated rings. The summed E-state index contributed by atoms with van der Waals surface area (Å²) in [5.41, 5.74) is 1.02. The van der Waals surface area contributed by atoms with Crippen LogP contribution in [0.2, 0.25) is 5.02 Å². The predicted molar refractivity (Wildman–Crippen MR) is 61.1 cm³/mol. The van der Waals surface area contributed by atoms with Gasteiger partial charge in [-0.05, 0) is 23.6 Å². The Morgan fingerprint density at radius 3 is 2.80 bits per heavy atom. The van der Waals surface area contributed by atoms with Crippen molar-refractivity contribution in [3.05, 3.63) is 28.8 Å². The number of hydrogen-bond donors (Lipinski definition) is 3. The Labute approximate surface area is 94.7 Å². The number of nitrogens with one attached hydrogen (secondary N) is 1. The summed E-state index contributed by atoms with van der Waals surface area (Å²) < 4.78 is 0. The molecule has 0 aliphatic rings. The molecule has 1 unspecified atom stereocenters. The van der Waals surface area contributed by atoms with Gasteiger partial charge in [-0.2, -0.15) is 0 Å². The highest BCUT2D eigenvalue weighted by molar-refractivity contribution is 6.32. The van der Waals surface area contributed by atoms with E-state index in [0.29, 0.717) is 11.6 Å². The Morgan fingerprint density at radius 1 is 1.47 bits per heavy atom. The fourth-order valence-corrected chi connectivity index (χ4v) is 1.39. The standard InChI is InChI=1S/C11H16ClNO2/c1-8(7-14)5-13-6-9-2-3-11(15)10(12)4-9/h2-4,8,13-15H,5-7H2,1H3. The summed E-state index contributed by atoms with van der Waals surface area (Å²) >= 11 is 5.76. The maximum absolute atomic E-state index is 9.21. The lowest BCUT2D eigenvalue weighted by Crippen LogP contribution is -2.22. The topological polar surface area (TPSA) is 52.5 Å². The molecule has 1 rings (SSSR count). The van der Waals surface area contributed by atoms with E-state index in [1.54, 1.807) is 12.1 Å². The number of phenolic OH excluding ortho intramolecular Hbond substituents is 1. The van der Waals surface area contributed by atoms with Crippen LogP contribution in [0.15, 0.2) is 18.2 Å². The van der Waals surface area contributed by atoms with Crippen molar-refractivity contribution in [3.63, 3.8) is 0 Å². The van der Waals surface area contributed by atoms with Crippen LogP contribution in [0.25, 0.3) is 0 Å². The van der Waals surface area contributed by atoms with Gasteiger partial charge in [0.2, 0.25) is 0 Å². The van der Waals surface area contributed by atoms with Gasteiger partial charge >= 0.3 is 0 Å². The van der Waals surface area contributed by atoms with E-state index >= 15 is 0 Å². The first-order chi connectivity index (χ1) is 7.13. The molecule has 0 heterocycles. The quantitative estimate of drug-likeness (QED) is 0.721. The highest BCUT2D eigenvalue weighted by Gasteiger charge is 2.01. The molecular formula is C11H16ClNO2. The predicted octanol–water partition coefficient (Wildman–Crippen LogP) is 1.76. The smallest absolute Gasteiger partial charge is 0.134 e. The number of rotatable bonds is 5. The summed E-state index contributed by atoms with van der Waals surface area (Å²) in [5, 5.41) is 21.6. The fourth-order valence-electron chi connectivity index (χ4n) is 1.19. The van der Waals surface area contributed by atoms with Crippen molar-refractivity contribution >= 4 is 11.6 Å². The Kier molecular flexibility index (Phi) is 4.88. The molecule has 0 bridgehead atoms. The second-order valence-electron chi connectivity index (χ2n) is 3.70. The third-order valence-electron chi connectivity index (χ3n) is 2.15. The highest BCUT2D eigenvalue weighted by atomic mass is 35.5. The van der Waals surface area contributed by atoms with Crippen LogP contribution in [0.1, 0.15) is 12.5 Å². The van der Waals surface area contributed by atoms with Crippen LogP contribution in [0.5, 0.6) is 5.75 Å². The molecule has 1 aromatic carbocycles. The fraction of sp³-hybridized carbons (Fsp3) is 0.455. The number of aromatic hydroxyl groups is 1. The van der Waals surface area contributed by atoms with E-state index in [2.05, 4.69) is 5.32 Å². The van der Waals surface area contributed by atoms with E-state index in [-0.39, 0.29) is 18.3 Å². The lowest BCUT2D eigenvalue weighted by Gasteiger charge is -2.09. The van der Waals surface area contributed by atoms with Crippen LogP contribution < -0.4 is 5.32 Å². The van der Waals surface area contributed by atoms with Crippen LogP contribution in [0.3, 0.4) is 0 Å². The lowest BCUT2D eigenvalue weighted by atomic mass is 10.2. The minimum Gasteiger partial charge on any atom is -0.506 e. The van der Waals surface area contributed by atoms with Gasteiger partial charge in [0.05, 0.1) is 5.02 Å². The summed E-state index contributed by atoms with van der Waals surface area (Å²) in [6.45, 7) is 3.60. The second-order valence-corrected chi connectivity index (χ2v) is 4.11. The van der Waals surface area contributed by atoms with E-state index in [0.717, 1.165) is 12.1 Å². The van der Waals surface area contributed by atoms with Gasteiger partial charge in [0.25, 0.3) is 0 Å². The Hall–Kier alpha value is -0.770. The Morgan fingerprint density at radius 2 is 2.20 bits per heavy atom. The zero-order valence-electron chi connectivity index (χ0n) is 8.70. The Bertz CT molecular complexity index is 317. The maximum Gasteiger partial charge on any atom is 0.134 e. The molecule has 3 N–H and O–H groups in total. The van der Waals surface area contributed by atoms with E-state index < -0.39 is 0 Å². The first-order valence-corrected chi connectivity index (χ1v) is 5.30. The second kappa shape index (κ2) is 5.95. The van der Waals surface area contributed by atoms with Crippen molar-refractivity contribution in [2.75, 3.05) is 13.2 Å². The lowest BCUT2D eigenvalue weighted by molar-refractivity contribution is 0.233. The third kappa shape index (κ3) is 4.08. The van der Waals surface area contributed by atoms with Gasteiger partial charge in [0, 0.05) is 19.7 Å². The summed E-state index contributed by atoms with van der Waals surface area (Å²) in [7, 11) is 0. The molecular weight excluding hydrogens is 214 g/mol. The van der Waals surface area contributed by atoms with Gasteiger partial charge in [-0.15, -0.1) is 0 Å². The summed E-state index contributed by atoms with van der Waals surface area (Å²) in [6.07, 6.45) is 0. The van der Waals surface area contributed by atoms with Crippen molar-refractivity contribution in [2.24, 2.45) is 5.92 Å². The molecule has 1 atom stereocenters. The number of hydrogen-bond acceptors (Lipinski definition) is 3. The van der Waals surface area contributed by atoms with Crippen molar-refractivity contribution in [1.29, 1.82) is 0 Å². The van der Waals surface area contributed by atoms with Crippen molar-refractivity contribution < 1.29 is 10.2 Å². The minimum atomic E-state index is 0.101. The number of benzene rings is 1. The Balaban J connectivity index is 2.41. The van der Waals surface area contributed by atoms with Crippen LogP contribution in [0.4, 0.5) is 0 Å². The molecule has 84 valence electrons. The molecule has 1 aromatic rings. The largest absolute Gasteiger partial charge is 0.506 e. The number of phenols is 1. The summed E-state index contributed by atoms with van der Waals surface area (Å²) in [6, 6.07) is 5.13. The van der Waals surface area contributed by atoms with Gasteiger partial charge < -0.3 is 15.5 Å². The molecule has 0 aromatic heterocycles. The first kappa shape index (κ1) is 12.3. The molecule has 0 amide bonds. The van der Waals surface area contributed by atoms with Gasteiger partial charge in [-0.25, -0.2) is 0 Å². The normalized spacial score (nSPS) is 12.7. The molecule has 15 heavy (non-hydrogen) atoms. The van der Waals surface area contributed by atoms with E-state index in [1.165, 1.54) is 0 Å². The molecule has 0 spiro atoms. The van der Waals surface area contributed by atoms with Crippen LogP contribution in [-0.2, 0) is 6.54 Å². The zero-order chi connectivity index (χ0) is 11.3. The number of halogens is 1. The third-order valence-corrected chi connectivity index (χ3v) is 2.45. The average Bonchev–Trinajstić information content (AvgIpc) is 2.23.